The highest BCUT2D eigenvalue weighted by atomic mass is 32.2. The van der Waals surface area contributed by atoms with E-state index in [-0.39, 0.29) is 0 Å². The lowest BCUT2D eigenvalue weighted by molar-refractivity contribution is 1.29. The fraction of sp³-hybridized carbons (Fsp3) is 0. The van der Waals surface area contributed by atoms with Crippen molar-refractivity contribution in [3.63, 3.8) is 0 Å². The first kappa shape index (κ1) is 18.7. The molecular weight excluding hydrogens is 452 g/mol. The molecular formula is C30H16N2S2. The highest BCUT2D eigenvalue weighted by molar-refractivity contribution is 8.00. The van der Waals surface area contributed by atoms with Crippen LogP contribution in [-0.2, 0) is 0 Å². The van der Waals surface area contributed by atoms with Gasteiger partial charge >= 0.3 is 0 Å². The van der Waals surface area contributed by atoms with Crippen molar-refractivity contribution in [2.45, 2.75) is 9.79 Å². The van der Waals surface area contributed by atoms with E-state index in [4.69, 9.17) is 9.97 Å². The van der Waals surface area contributed by atoms with Crippen LogP contribution in [-0.4, -0.2) is 9.97 Å². The van der Waals surface area contributed by atoms with Gasteiger partial charge in [0.25, 0.3) is 0 Å². The monoisotopic (exact) mass is 468 g/mol. The van der Waals surface area contributed by atoms with Crippen LogP contribution in [0.3, 0.4) is 0 Å². The lowest BCUT2D eigenvalue weighted by atomic mass is 10.00. The summed E-state index contributed by atoms with van der Waals surface area (Å²) in [5.74, 6) is 0. The average Bonchev–Trinajstić information content (AvgIpc) is 3.28. The van der Waals surface area contributed by atoms with Crippen molar-refractivity contribution >= 4 is 65.1 Å². The molecule has 8 rings (SSSR count). The zero-order valence-corrected chi connectivity index (χ0v) is 19.6. The maximum atomic E-state index is 5.14. The SMILES string of the molecule is c1ccc(-c2nc3ccccc3nc2-c2cc3c4c(c2)sc2ccc5cccc(c5c24)S3)cc1. The van der Waals surface area contributed by atoms with E-state index in [1.807, 2.05) is 53.4 Å². The number of para-hydroxylation sites is 2. The van der Waals surface area contributed by atoms with Gasteiger partial charge in [0, 0.05) is 46.5 Å². The summed E-state index contributed by atoms with van der Waals surface area (Å²) in [6.07, 6.45) is 0. The van der Waals surface area contributed by atoms with Crippen molar-refractivity contribution in [3.05, 3.63) is 97.1 Å². The van der Waals surface area contributed by atoms with Crippen LogP contribution in [0, 0.1) is 0 Å². The third-order valence-electron chi connectivity index (χ3n) is 6.62. The second-order valence-electron chi connectivity index (χ2n) is 8.62. The Morgan fingerprint density at radius 3 is 2.09 bits per heavy atom. The number of benzene rings is 5. The Kier molecular flexibility index (Phi) is 3.78. The van der Waals surface area contributed by atoms with E-state index >= 15 is 0 Å². The number of hydrogen-bond donors (Lipinski definition) is 0. The molecule has 0 fully saturated rings. The fourth-order valence-electron chi connectivity index (χ4n) is 5.11. The topological polar surface area (TPSA) is 25.8 Å². The van der Waals surface area contributed by atoms with Crippen LogP contribution < -0.4 is 0 Å². The Labute approximate surface area is 203 Å². The van der Waals surface area contributed by atoms with Crippen molar-refractivity contribution in [3.8, 4) is 22.5 Å². The van der Waals surface area contributed by atoms with Gasteiger partial charge in [0.15, 0.2) is 0 Å². The summed E-state index contributed by atoms with van der Waals surface area (Å²) < 4.78 is 2.66. The van der Waals surface area contributed by atoms with Crippen LogP contribution in [0.15, 0.2) is 107 Å². The Bertz CT molecular complexity index is 1940. The molecule has 1 aliphatic heterocycles. The van der Waals surface area contributed by atoms with Gasteiger partial charge in [-0.3, -0.25) is 0 Å². The van der Waals surface area contributed by atoms with Crippen LogP contribution in [0.2, 0.25) is 0 Å². The molecule has 7 aromatic rings. The molecule has 4 heteroatoms. The molecule has 2 nitrogen and oxygen atoms in total. The molecule has 158 valence electrons. The second-order valence-corrected chi connectivity index (χ2v) is 10.8. The average molecular weight is 469 g/mol. The minimum absolute atomic E-state index is 0.917. The minimum Gasteiger partial charge on any atom is -0.244 e. The normalized spacial score (nSPS) is 12.6. The van der Waals surface area contributed by atoms with E-state index in [1.54, 1.807) is 0 Å². The predicted molar refractivity (Wildman–Crippen MR) is 145 cm³/mol. The predicted octanol–water partition coefficient (Wildman–Crippen LogP) is 8.95. The minimum atomic E-state index is 0.917. The van der Waals surface area contributed by atoms with Crippen LogP contribution in [0.1, 0.15) is 0 Å². The van der Waals surface area contributed by atoms with Gasteiger partial charge in [0.05, 0.1) is 22.4 Å². The van der Waals surface area contributed by atoms with E-state index in [9.17, 15) is 0 Å². The fourth-order valence-corrected chi connectivity index (χ4v) is 7.56. The smallest absolute Gasteiger partial charge is 0.0973 e. The van der Waals surface area contributed by atoms with Crippen molar-refractivity contribution in [2.24, 2.45) is 0 Å². The molecule has 2 aromatic heterocycles. The van der Waals surface area contributed by atoms with Gasteiger partial charge < -0.3 is 0 Å². The second kappa shape index (κ2) is 6.89. The number of fused-ring (bicyclic) bond motifs is 1. The largest absolute Gasteiger partial charge is 0.244 e. The maximum Gasteiger partial charge on any atom is 0.0973 e. The molecule has 0 N–H and O–H groups in total. The van der Waals surface area contributed by atoms with Gasteiger partial charge in [-0.25, -0.2) is 9.97 Å². The zero-order chi connectivity index (χ0) is 22.2. The van der Waals surface area contributed by atoms with Gasteiger partial charge in [-0.15, -0.1) is 11.3 Å². The van der Waals surface area contributed by atoms with E-state index in [1.165, 1.54) is 40.7 Å². The summed E-state index contributed by atoms with van der Waals surface area (Å²) in [4.78, 5) is 12.9. The third kappa shape index (κ3) is 2.58. The van der Waals surface area contributed by atoms with E-state index in [0.29, 0.717) is 0 Å². The summed E-state index contributed by atoms with van der Waals surface area (Å²) in [7, 11) is 0. The van der Waals surface area contributed by atoms with Crippen LogP contribution in [0.25, 0.3) is 64.5 Å². The Morgan fingerprint density at radius 1 is 0.500 bits per heavy atom. The molecule has 1 aliphatic rings. The third-order valence-corrected chi connectivity index (χ3v) is 8.82. The molecule has 5 aromatic carbocycles. The molecule has 0 bridgehead atoms. The molecule has 0 saturated heterocycles. The number of rotatable bonds is 2. The van der Waals surface area contributed by atoms with E-state index in [0.717, 1.165) is 33.5 Å². The first-order valence-corrected chi connectivity index (χ1v) is 12.9. The standard InChI is InChI=1S/C30H16N2S2/c1-2-7-18(8-3-1)29-30(32-21-11-5-4-10-20(21)31-29)19-15-24-27-25(16-19)34-23-14-13-17-9-6-12-22(33-24)26(17)28(23)27/h1-16H. The highest BCUT2D eigenvalue weighted by Gasteiger charge is 2.23. The summed E-state index contributed by atoms with van der Waals surface area (Å²) in [5, 5.41) is 5.50. The van der Waals surface area contributed by atoms with Crippen LogP contribution in [0.5, 0.6) is 0 Å². The molecule has 0 radical (unpaired) electrons. The molecule has 0 aliphatic carbocycles. The van der Waals surface area contributed by atoms with Gasteiger partial charge in [0.2, 0.25) is 0 Å². The lowest BCUT2D eigenvalue weighted by Gasteiger charge is -2.17. The van der Waals surface area contributed by atoms with Crippen molar-refractivity contribution in [1.82, 2.24) is 9.97 Å². The van der Waals surface area contributed by atoms with Gasteiger partial charge in [0.1, 0.15) is 0 Å². The molecule has 0 amide bonds. The Morgan fingerprint density at radius 2 is 1.26 bits per heavy atom. The van der Waals surface area contributed by atoms with Crippen LogP contribution >= 0.6 is 23.1 Å². The van der Waals surface area contributed by atoms with E-state index in [2.05, 4.69) is 66.7 Å². The quantitative estimate of drug-likeness (QED) is 0.253. The van der Waals surface area contributed by atoms with Gasteiger partial charge in [-0.1, -0.05) is 72.4 Å². The molecule has 0 spiro atoms. The Balaban J connectivity index is 1.47. The zero-order valence-electron chi connectivity index (χ0n) is 17.9. The summed E-state index contributed by atoms with van der Waals surface area (Å²) >= 11 is 3.75. The van der Waals surface area contributed by atoms with Crippen molar-refractivity contribution in [1.29, 1.82) is 0 Å². The first-order chi connectivity index (χ1) is 16.8. The summed E-state index contributed by atoms with van der Waals surface area (Å²) in [6.45, 7) is 0. The van der Waals surface area contributed by atoms with Gasteiger partial charge in [-0.05, 0) is 41.8 Å². The molecule has 0 saturated carbocycles. The molecule has 3 heterocycles. The number of aromatic nitrogens is 2. The molecule has 34 heavy (non-hydrogen) atoms. The van der Waals surface area contributed by atoms with Gasteiger partial charge in [-0.2, -0.15) is 0 Å². The first-order valence-electron chi connectivity index (χ1n) is 11.3. The van der Waals surface area contributed by atoms with Crippen molar-refractivity contribution < 1.29 is 0 Å². The number of thiophene rings is 1. The number of nitrogens with zero attached hydrogens (tertiary/aromatic N) is 2. The number of hydrogen-bond acceptors (Lipinski definition) is 4. The lowest BCUT2D eigenvalue weighted by Crippen LogP contribution is -1.96. The molecule has 0 unspecified atom stereocenters. The Hall–Kier alpha value is -3.73. The maximum absolute atomic E-state index is 5.14. The summed E-state index contributed by atoms with van der Waals surface area (Å²) in [6, 6.07) is 34.3. The van der Waals surface area contributed by atoms with Crippen molar-refractivity contribution in [2.75, 3.05) is 0 Å². The highest BCUT2D eigenvalue weighted by Crippen LogP contribution is 2.52. The van der Waals surface area contributed by atoms with E-state index < -0.39 is 0 Å². The van der Waals surface area contributed by atoms with Crippen LogP contribution in [0.4, 0.5) is 0 Å². The summed E-state index contributed by atoms with van der Waals surface area (Å²) in [5.41, 5.74) is 5.90. The molecule has 0 atom stereocenters.